The summed E-state index contributed by atoms with van der Waals surface area (Å²) in [6.45, 7) is 1.95. The lowest BCUT2D eigenvalue weighted by molar-refractivity contribution is 0.111. The van der Waals surface area contributed by atoms with E-state index in [1.165, 1.54) is 24.2 Å². The van der Waals surface area contributed by atoms with Gasteiger partial charge in [0.15, 0.2) is 4.96 Å². The van der Waals surface area contributed by atoms with Crippen LogP contribution in [0.4, 0.5) is 0 Å². The Kier molecular flexibility index (Phi) is 4.14. The van der Waals surface area contributed by atoms with Gasteiger partial charge in [-0.25, -0.2) is 4.98 Å². The Morgan fingerprint density at radius 3 is 3.20 bits per heavy atom. The highest BCUT2D eigenvalue weighted by Crippen LogP contribution is 2.21. The first kappa shape index (κ1) is 13.7. The fourth-order valence-corrected chi connectivity index (χ4v) is 3.66. The smallest absolute Gasteiger partial charge is 0.258 e. The average molecular weight is 293 g/mol. The van der Waals surface area contributed by atoms with Gasteiger partial charge < -0.3 is 5.11 Å². The van der Waals surface area contributed by atoms with Gasteiger partial charge in [-0.05, 0) is 25.8 Å². The standard InChI is InChI=1S/C14H19N3O2S/c18-7-4-12-3-1-2-5-16(12)10-11-9-13(19)17-6-8-20-14(17)15-11/h6,8-9,12,18H,1-5,7,10H2. The molecule has 3 heterocycles. The molecular formula is C14H19N3O2S. The van der Waals surface area contributed by atoms with Crippen molar-refractivity contribution in [1.29, 1.82) is 0 Å². The molecule has 0 saturated carbocycles. The summed E-state index contributed by atoms with van der Waals surface area (Å²) in [4.78, 5) is 19.6. The molecule has 1 N–H and O–H groups in total. The average Bonchev–Trinajstić information content (AvgIpc) is 2.90. The van der Waals surface area contributed by atoms with Crippen molar-refractivity contribution in [3.8, 4) is 0 Å². The monoisotopic (exact) mass is 293 g/mol. The molecule has 1 atom stereocenters. The molecule has 5 nitrogen and oxygen atoms in total. The van der Waals surface area contributed by atoms with Crippen molar-refractivity contribution in [3.63, 3.8) is 0 Å². The third-order valence-corrected chi connectivity index (χ3v) is 4.69. The highest BCUT2D eigenvalue weighted by Gasteiger charge is 2.22. The van der Waals surface area contributed by atoms with E-state index < -0.39 is 0 Å². The van der Waals surface area contributed by atoms with Crippen LogP contribution in [0.5, 0.6) is 0 Å². The number of aromatic nitrogens is 2. The Hall–Kier alpha value is -1.24. The van der Waals surface area contributed by atoms with Crippen molar-refractivity contribution in [2.45, 2.75) is 38.3 Å². The van der Waals surface area contributed by atoms with E-state index in [0.29, 0.717) is 12.6 Å². The predicted molar refractivity (Wildman–Crippen MR) is 79.1 cm³/mol. The second-order valence-electron chi connectivity index (χ2n) is 5.27. The van der Waals surface area contributed by atoms with Crippen LogP contribution in [0.15, 0.2) is 22.4 Å². The van der Waals surface area contributed by atoms with Crippen LogP contribution in [-0.2, 0) is 6.54 Å². The molecule has 2 aromatic rings. The maximum atomic E-state index is 12.0. The second kappa shape index (κ2) is 6.03. The Bertz CT molecular complexity index is 635. The number of piperidine rings is 1. The summed E-state index contributed by atoms with van der Waals surface area (Å²) < 4.78 is 1.58. The van der Waals surface area contributed by atoms with Gasteiger partial charge in [0.05, 0.1) is 5.69 Å². The van der Waals surface area contributed by atoms with Gasteiger partial charge in [0.25, 0.3) is 5.56 Å². The maximum absolute atomic E-state index is 12.0. The summed E-state index contributed by atoms with van der Waals surface area (Å²) in [6.07, 6.45) is 6.10. The molecular weight excluding hydrogens is 274 g/mol. The number of aliphatic hydroxyl groups is 1. The molecule has 2 aromatic heterocycles. The molecule has 0 radical (unpaired) electrons. The van der Waals surface area contributed by atoms with Crippen LogP contribution >= 0.6 is 11.3 Å². The Balaban J connectivity index is 1.82. The van der Waals surface area contributed by atoms with E-state index in [1.807, 2.05) is 5.38 Å². The molecule has 0 bridgehead atoms. The Morgan fingerprint density at radius 1 is 1.45 bits per heavy atom. The molecule has 0 spiro atoms. The summed E-state index contributed by atoms with van der Waals surface area (Å²) >= 11 is 1.48. The molecule has 1 aliphatic rings. The number of thiazole rings is 1. The second-order valence-corrected chi connectivity index (χ2v) is 6.15. The van der Waals surface area contributed by atoms with Crippen LogP contribution in [0.3, 0.4) is 0 Å². The summed E-state index contributed by atoms with van der Waals surface area (Å²) in [6, 6.07) is 2.04. The van der Waals surface area contributed by atoms with Crippen molar-refractivity contribution in [3.05, 3.63) is 33.7 Å². The molecule has 3 rings (SSSR count). The summed E-state index contributed by atoms with van der Waals surface area (Å²) in [5.74, 6) is 0. The zero-order valence-corrected chi connectivity index (χ0v) is 12.2. The van der Waals surface area contributed by atoms with Crippen LogP contribution in [0, 0.1) is 0 Å². The SMILES string of the molecule is O=c1cc(CN2CCCCC2CCO)nc2sccn12. The Labute approximate surface area is 121 Å². The normalized spacial score (nSPS) is 20.6. The lowest BCUT2D eigenvalue weighted by Gasteiger charge is -2.35. The van der Waals surface area contributed by atoms with Gasteiger partial charge in [0, 0.05) is 36.8 Å². The lowest BCUT2D eigenvalue weighted by Crippen LogP contribution is -2.39. The summed E-state index contributed by atoms with van der Waals surface area (Å²) in [5, 5.41) is 11.0. The van der Waals surface area contributed by atoms with Gasteiger partial charge in [0.1, 0.15) is 0 Å². The number of likely N-dealkylation sites (tertiary alicyclic amines) is 1. The minimum Gasteiger partial charge on any atom is -0.396 e. The highest BCUT2D eigenvalue weighted by molar-refractivity contribution is 7.15. The fraction of sp³-hybridized carbons (Fsp3) is 0.571. The van der Waals surface area contributed by atoms with Crippen LogP contribution in [0.25, 0.3) is 4.96 Å². The zero-order valence-electron chi connectivity index (χ0n) is 11.4. The van der Waals surface area contributed by atoms with Gasteiger partial charge in [-0.1, -0.05) is 6.42 Å². The van der Waals surface area contributed by atoms with Crippen LogP contribution in [-0.4, -0.2) is 38.6 Å². The number of nitrogens with zero attached hydrogens (tertiary/aromatic N) is 3. The molecule has 6 heteroatoms. The van der Waals surface area contributed by atoms with E-state index in [-0.39, 0.29) is 12.2 Å². The van der Waals surface area contributed by atoms with Gasteiger partial charge in [-0.15, -0.1) is 11.3 Å². The van der Waals surface area contributed by atoms with Crippen LogP contribution in [0.2, 0.25) is 0 Å². The molecule has 1 saturated heterocycles. The first-order valence-electron chi connectivity index (χ1n) is 7.08. The highest BCUT2D eigenvalue weighted by atomic mass is 32.1. The molecule has 1 fully saturated rings. The molecule has 20 heavy (non-hydrogen) atoms. The van der Waals surface area contributed by atoms with Crippen molar-refractivity contribution < 1.29 is 5.11 Å². The fourth-order valence-electron chi connectivity index (χ4n) is 2.92. The molecule has 0 aromatic carbocycles. The van der Waals surface area contributed by atoms with Gasteiger partial charge in [-0.3, -0.25) is 14.1 Å². The van der Waals surface area contributed by atoms with Crippen molar-refractivity contribution in [1.82, 2.24) is 14.3 Å². The topological polar surface area (TPSA) is 57.8 Å². The van der Waals surface area contributed by atoms with Crippen LogP contribution < -0.4 is 5.56 Å². The number of hydrogen-bond donors (Lipinski definition) is 1. The number of fused-ring (bicyclic) bond motifs is 1. The minimum absolute atomic E-state index is 0.0121. The number of hydrogen-bond acceptors (Lipinski definition) is 5. The van der Waals surface area contributed by atoms with E-state index in [2.05, 4.69) is 9.88 Å². The van der Waals surface area contributed by atoms with E-state index in [4.69, 9.17) is 5.11 Å². The number of rotatable bonds is 4. The van der Waals surface area contributed by atoms with E-state index >= 15 is 0 Å². The van der Waals surface area contributed by atoms with Gasteiger partial charge in [0.2, 0.25) is 0 Å². The number of aliphatic hydroxyl groups excluding tert-OH is 1. The van der Waals surface area contributed by atoms with Gasteiger partial charge in [-0.2, -0.15) is 0 Å². The molecule has 1 unspecified atom stereocenters. The minimum atomic E-state index is -0.0121. The predicted octanol–water partition coefficient (Wildman–Crippen LogP) is 1.49. The Morgan fingerprint density at radius 2 is 2.35 bits per heavy atom. The molecule has 0 amide bonds. The quantitative estimate of drug-likeness (QED) is 0.928. The van der Waals surface area contributed by atoms with Crippen molar-refractivity contribution >= 4 is 16.3 Å². The third-order valence-electron chi connectivity index (χ3n) is 3.93. The largest absolute Gasteiger partial charge is 0.396 e. The maximum Gasteiger partial charge on any atom is 0.258 e. The molecule has 1 aliphatic heterocycles. The first-order valence-corrected chi connectivity index (χ1v) is 7.96. The summed E-state index contributed by atoms with van der Waals surface area (Å²) in [7, 11) is 0. The van der Waals surface area contributed by atoms with E-state index in [0.717, 1.165) is 30.0 Å². The van der Waals surface area contributed by atoms with E-state index in [1.54, 1.807) is 16.7 Å². The first-order chi connectivity index (χ1) is 9.78. The van der Waals surface area contributed by atoms with Gasteiger partial charge >= 0.3 is 0 Å². The molecule has 0 aliphatic carbocycles. The van der Waals surface area contributed by atoms with Crippen LogP contribution in [0.1, 0.15) is 31.4 Å². The third kappa shape index (κ3) is 2.77. The van der Waals surface area contributed by atoms with E-state index in [9.17, 15) is 4.79 Å². The van der Waals surface area contributed by atoms with Crippen molar-refractivity contribution in [2.75, 3.05) is 13.2 Å². The zero-order chi connectivity index (χ0) is 13.9. The molecule has 108 valence electrons. The van der Waals surface area contributed by atoms with Crippen molar-refractivity contribution in [2.24, 2.45) is 0 Å². The lowest BCUT2D eigenvalue weighted by atomic mass is 9.99. The summed E-state index contributed by atoms with van der Waals surface area (Å²) in [5.41, 5.74) is 0.823.